The first-order valence-corrected chi connectivity index (χ1v) is 7.80. The van der Waals surface area contributed by atoms with Gasteiger partial charge in [-0.2, -0.15) is 0 Å². The number of ether oxygens (including phenoxy) is 2. The van der Waals surface area contributed by atoms with E-state index in [2.05, 4.69) is 42.3 Å². The van der Waals surface area contributed by atoms with Crippen LogP contribution in [0.1, 0.15) is 17.9 Å². The molecule has 1 aliphatic rings. The van der Waals surface area contributed by atoms with Crippen LogP contribution in [0.2, 0.25) is 0 Å². The summed E-state index contributed by atoms with van der Waals surface area (Å²) in [5.74, 6) is 2.17. The van der Waals surface area contributed by atoms with Gasteiger partial charge in [0.1, 0.15) is 17.6 Å². The molecule has 0 bridgehead atoms. The Balaban J connectivity index is 0.00000192. The van der Waals surface area contributed by atoms with Crippen LogP contribution in [0.5, 0.6) is 11.5 Å². The standard InChI is InChI=1S/C19H23NO2.ClH/c1-20-13-12-19(18(14-20)15-6-4-3-5-7-15)22-17-10-8-16(21-2)9-11-17;/h3-11,18-19H,12-14H2,1-2H3;1H/t18-,19+;/m0./s1. The molecule has 1 fully saturated rings. The maximum Gasteiger partial charge on any atom is 0.120 e. The van der Waals surface area contributed by atoms with Crippen LogP contribution in [0, 0.1) is 0 Å². The third-order valence-corrected chi connectivity index (χ3v) is 4.33. The van der Waals surface area contributed by atoms with E-state index in [0.29, 0.717) is 5.92 Å². The summed E-state index contributed by atoms with van der Waals surface area (Å²) in [6.45, 7) is 2.11. The number of hydrogen-bond donors (Lipinski definition) is 0. The lowest BCUT2D eigenvalue weighted by atomic mass is 9.88. The van der Waals surface area contributed by atoms with Crippen molar-refractivity contribution in [3.8, 4) is 11.5 Å². The molecule has 2 aromatic rings. The molecule has 3 nitrogen and oxygen atoms in total. The summed E-state index contributed by atoms with van der Waals surface area (Å²) in [6.07, 6.45) is 1.26. The summed E-state index contributed by atoms with van der Waals surface area (Å²) in [6, 6.07) is 18.5. The van der Waals surface area contributed by atoms with Crippen LogP contribution in [0.4, 0.5) is 0 Å². The number of halogens is 1. The Hall–Kier alpha value is -1.71. The largest absolute Gasteiger partial charge is 0.497 e. The number of benzene rings is 2. The minimum atomic E-state index is 0. The SMILES string of the molecule is COc1ccc(O[C@@H]2CCN(C)C[C@H]2c2ccccc2)cc1.Cl. The second-order valence-corrected chi connectivity index (χ2v) is 5.90. The smallest absolute Gasteiger partial charge is 0.120 e. The third-order valence-electron chi connectivity index (χ3n) is 4.33. The van der Waals surface area contributed by atoms with Crippen LogP contribution in [0.25, 0.3) is 0 Å². The van der Waals surface area contributed by atoms with Crippen molar-refractivity contribution in [3.63, 3.8) is 0 Å². The van der Waals surface area contributed by atoms with Crippen molar-refractivity contribution in [2.24, 2.45) is 0 Å². The van der Waals surface area contributed by atoms with E-state index in [-0.39, 0.29) is 18.5 Å². The first-order valence-electron chi connectivity index (χ1n) is 7.80. The lowest BCUT2D eigenvalue weighted by Gasteiger charge is -2.37. The molecule has 23 heavy (non-hydrogen) atoms. The Kier molecular flexibility index (Phi) is 6.31. The van der Waals surface area contributed by atoms with E-state index >= 15 is 0 Å². The first-order chi connectivity index (χ1) is 10.8. The minimum absolute atomic E-state index is 0. The fourth-order valence-corrected chi connectivity index (χ4v) is 3.08. The van der Waals surface area contributed by atoms with Gasteiger partial charge < -0.3 is 14.4 Å². The van der Waals surface area contributed by atoms with Crippen LogP contribution in [0.15, 0.2) is 54.6 Å². The lowest BCUT2D eigenvalue weighted by molar-refractivity contribution is 0.0901. The van der Waals surface area contributed by atoms with Crippen molar-refractivity contribution >= 4 is 12.4 Å². The van der Waals surface area contributed by atoms with E-state index < -0.39 is 0 Å². The van der Waals surface area contributed by atoms with E-state index in [1.165, 1.54) is 5.56 Å². The van der Waals surface area contributed by atoms with Crippen LogP contribution in [-0.2, 0) is 0 Å². The molecule has 0 amide bonds. The highest BCUT2D eigenvalue weighted by atomic mass is 35.5. The number of likely N-dealkylation sites (N-methyl/N-ethyl adjacent to an activating group) is 1. The summed E-state index contributed by atoms with van der Waals surface area (Å²) in [5, 5.41) is 0. The fraction of sp³-hybridized carbons (Fsp3) is 0.368. The van der Waals surface area contributed by atoms with Gasteiger partial charge in [-0.1, -0.05) is 30.3 Å². The summed E-state index contributed by atoms with van der Waals surface area (Å²) in [7, 11) is 3.86. The quantitative estimate of drug-likeness (QED) is 0.844. The molecule has 0 radical (unpaired) electrons. The molecule has 1 saturated heterocycles. The van der Waals surface area contributed by atoms with Crippen LogP contribution < -0.4 is 9.47 Å². The molecular formula is C19H24ClNO2. The highest BCUT2D eigenvalue weighted by molar-refractivity contribution is 5.85. The van der Waals surface area contributed by atoms with E-state index in [9.17, 15) is 0 Å². The van der Waals surface area contributed by atoms with Crippen molar-refractivity contribution in [2.45, 2.75) is 18.4 Å². The Morgan fingerprint density at radius 2 is 1.61 bits per heavy atom. The van der Waals surface area contributed by atoms with Gasteiger partial charge in [0.2, 0.25) is 0 Å². The predicted molar refractivity (Wildman–Crippen MR) is 96.0 cm³/mol. The first kappa shape index (κ1) is 17.6. The van der Waals surface area contributed by atoms with Gasteiger partial charge in [0.25, 0.3) is 0 Å². The molecule has 124 valence electrons. The Bertz CT molecular complexity index is 588. The van der Waals surface area contributed by atoms with Crippen molar-refractivity contribution in [1.82, 2.24) is 4.90 Å². The summed E-state index contributed by atoms with van der Waals surface area (Å²) < 4.78 is 11.5. The van der Waals surface area contributed by atoms with E-state index in [1.54, 1.807) is 7.11 Å². The van der Waals surface area contributed by atoms with Gasteiger partial charge in [0.15, 0.2) is 0 Å². The Morgan fingerprint density at radius 1 is 0.957 bits per heavy atom. The van der Waals surface area contributed by atoms with Crippen LogP contribution in [0.3, 0.4) is 0 Å². The molecule has 4 heteroatoms. The summed E-state index contributed by atoms with van der Waals surface area (Å²) >= 11 is 0. The molecular weight excluding hydrogens is 310 g/mol. The zero-order valence-corrected chi connectivity index (χ0v) is 14.5. The maximum absolute atomic E-state index is 6.29. The number of piperidine rings is 1. The number of hydrogen-bond acceptors (Lipinski definition) is 3. The number of nitrogens with zero attached hydrogens (tertiary/aromatic N) is 1. The predicted octanol–water partition coefficient (Wildman–Crippen LogP) is 3.98. The molecule has 1 heterocycles. The average molecular weight is 334 g/mol. The van der Waals surface area contributed by atoms with Gasteiger partial charge >= 0.3 is 0 Å². The molecule has 0 aromatic heterocycles. The van der Waals surface area contributed by atoms with Crippen molar-refractivity contribution < 1.29 is 9.47 Å². The molecule has 3 rings (SSSR count). The molecule has 2 atom stereocenters. The van der Waals surface area contributed by atoms with Gasteiger partial charge in [0, 0.05) is 19.0 Å². The van der Waals surface area contributed by atoms with E-state index in [0.717, 1.165) is 31.0 Å². The van der Waals surface area contributed by atoms with Crippen LogP contribution >= 0.6 is 12.4 Å². The maximum atomic E-state index is 6.29. The number of rotatable bonds is 4. The average Bonchev–Trinajstić information content (AvgIpc) is 2.58. The lowest BCUT2D eigenvalue weighted by Crippen LogP contribution is -2.42. The molecule has 2 aromatic carbocycles. The third kappa shape index (κ3) is 4.40. The van der Waals surface area contributed by atoms with Gasteiger partial charge in [0.05, 0.1) is 7.11 Å². The second-order valence-electron chi connectivity index (χ2n) is 5.90. The van der Waals surface area contributed by atoms with Gasteiger partial charge in [-0.3, -0.25) is 0 Å². The van der Waals surface area contributed by atoms with Crippen molar-refractivity contribution in [1.29, 1.82) is 0 Å². The summed E-state index contributed by atoms with van der Waals surface area (Å²) in [5.41, 5.74) is 1.35. The second kappa shape index (κ2) is 8.23. The highest BCUT2D eigenvalue weighted by Gasteiger charge is 2.30. The molecule has 1 aliphatic heterocycles. The zero-order chi connectivity index (χ0) is 15.4. The van der Waals surface area contributed by atoms with Crippen molar-refractivity contribution in [2.75, 3.05) is 27.2 Å². The molecule has 0 spiro atoms. The van der Waals surface area contributed by atoms with Crippen molar-refractivity contribution in [3.05, 3.63) is 60.2 Å². The number of methoxy groups -OCH3 is 1. The van der Waals surface area contributed by atoms with Gasteiger partial charge in [-0.15, -0.1) is 12.4 Å². The zero-order valence-electron chi connectivity index (χ0n) is 13.6. The van der Waals surface area contributed by atoms with Gasteiger partial charge in [-0.25, -0.2) is 0 Å². The highest BCUT2D eigenvalue weighted by Crippen LogP contribution is 2.30. The normalized spacial score (nSPS) is 21.3. The minimum Gasteiger partial charge on any atom is -0.497 e. The Morgan fingerprint density at radius 3 is 2.26 bits per heavy atom. The molecule has 0 unspecified atom stereocenters. The fourth-order valence-electron chi connectivity index (χ4n) is 3.08. The molecule has 0 aliphatic carbocycles. The van der Waals surface area contributed by atoms with Gasteiger partial charge in [-0.05, 0) is 43.3 Å². The van der Waals surface area contributed by atoms with E-state index in [4.69, 9.17) is 9.47 Å². The number of likely N-dealkylation sites (tertiary alicyclic amines) is 1. The molecule has 0 N–H and O–H groups in total. The molecule has 0 saturated carbocycles. The topological polar surface area (TPSA) is 21.7 Å². The summed E-state index contributed by atoms with van der Waals surface area (Å²) in [4.78, 5) is 2.38. The monoisotopic (exact) mass is 333 g/mol. The van der Waals surface area contributed by atoms with E-state index in [1.807, 2.05) is 24.3 Å². The van der Waals surface area contributed by atoms with Crippen LogP contribution in [-0.4, -0.2) is 38.3 Å². The Labute approximate surface area is 144 Å².